The number of amides is 1. The van der Waals surface area contributed by atoms with E-state index in [2.05, 4.69) is 31.9 Å². The molecule has 6 rings (SSSR count). The van der Waals surface area contributed by atoms with Gasteiger partial charge in [0.2, 0.25) is 0 Å². The fourth-order valence-electron chi connectivity index (χ4n) is 4.90. The predicted octanol–water partition coefficient (Wildman–Crippen LogP) is 7.47. The van der Waals surface area contributed by atoms with Crippen molar-refractivity contribution in [1.29, 1.82) is 0 Å². The molecule has 4 aromatic heterocycles. The molecule has 0 saturated carbocycles. The molecule has 0 aliphatic heterocycles. The number of hydrogen-bond acceptors (Lipinski definition) is 8. The molecule has 0 aliphatic carbocycles. The number of pyridine rings is 1. The highest BCUT2D eigenvalue weighted by Crippen LogP contribution is 2.50. The molecule has 0 unspecified atom stereocenters. The standard InChI is InChI=1S/C33H28FN7O2S/c1-17(2)32(42)40-22-7-8-23(18(3)12-22)29-27(20-6-9-26(25(34)13-20)43-33-36-11-10-19(4)39-33)28-30(44-29)24(15-37-31(28)35)21-14-38-41(5)16-21/h6-16H,1H2,2-5H3,(H2,35,37)(H,40,42). The van der Waals surface area contributed by atoms with Crippen LogP contribution in [-0.4, -0.2) is 30.6 Å². The van der Waals surface area contributed by atoms with Crippen LogP contribution in [0.1, 0.15) is 18.2 Å². The number of nitrogens with one attached hydrogen (secondary N) is 1. The Balaban J connectivity index is 1.54. The van der Waals surface area contributed by atoms with Crippen LogP contribution in [0.15, 0.2) is 79.4 Å². The lowest BCUT2D eigenvalue weighted by Crippen LogP contribution is -2.11. The quantitative estimate of drug-likeness (QED) is 0.181. The highest BCUT2D eigenvalue weighted by atomic mass is 32.1. The van der Waals surface area contributed by atoms with Crippen molar-refractivity contribution in [2.75, 3.05) is 11.1 Å². The molecule has 1 amide bonds. The molecule has 0 fully saturated rings. The molecule has 0 radical (unpaired) electrons. The van der Waals surface area contributed by atoms with E-state index >= 15 is 4.39 Å². The summed E-state index contributed by atoms with van der Waals surface area (Å²) in [6.45, 7) is 9.13. The fraction of sp³-hybridized carbons (Fsp3) is 0.121. The predicted molar refractivity (Wildman–Crippen MR) is 172 cm³/mol. The first kappa shape index (κ1) is 28.7. The van der Waals surface area contributed by atoms with E-state index in [1.165, 1.54) is 17.4 Å². The highest BCUT2D eigenvalue weighted by molar-refractivity contribution is 7.23. The first-order chi connectivity index (χ1) is 21.1. The molecule has 2 aromatic carbocycles. The molecule has 4 heterocycles. The third kappa shape index (κ3) is 5.40. The SMILES string of the molecule is C=C(C)C(=O)Nc1ccc(-c2sc3c(-c4cnn(C)c4)cnc(N)c3c2-c2ccc(Oc3nccc(C)n3)c(F)c2)c(C)c1. The van der Waals surface area contributed by atoms with Crippen LogP contribution >= 0.6 is 11.3 Å². The van der Waals surface area contributed by atoms with Crippen molar-refractivity contribution >= 4 is 38.8 Å². The molecule has 220 valence electrons. The second kappa shape index (κ2) is 11.3. The van der Waals surface area contributed by atoms with Crippen LogP contribution in [0.25, 0.3) is 42.8 Å². The number of nitrogens with two attached hydrogens (primary N) is 1. The summed E-state index contributed by atoms with van der Waals surface area (Å²) in [7, 11) is 1.85. The lowest BCUT2D eigenvalue weighted by atomic mass is 9.95. The Hall–Kier alpha value is -5.42. The number of ether oxygens (including phenoxy) is 1. The van der Waals surface area contributed by atoms with Gasteiger partial charge in [-0.15, -0.1) is 11.3 Å². The number of carbonyl (C=O) groups excluding carboxylic acids is 1. The Morgan fingerprint density at radius 3 is 2.57 bits per heavy atom. The minimum atomic E-state index is -0.581. The third-order valence-electron chi connectivity index (χ3n) is 7.07. The molecule has 11 heteroatoms. The molecule has 0 saturated heterocycles. The van der Waals surface area contributed by atoms with Gasteiger partial charge in [-0.25, -0.2) is 19.3 Å². The number of aryl methyl sites for hydroxylation is 3. The van der Waals surface area contributed by atoms with Gasteiger partial charge < -0.3 is 15.8 Å². The van der Waals surface area contributed by atoms with Gasteiger partial charge in [0.1, 0.15) is 5.82 Å². The van der Waals surface area contributed by atoms with Crippen LogP contribution in [0, 0.1) is 19.7 Å². The maximum atomic E-state index is 15.6. The van der Waals surface area contributed by atoms with Crippen LogP contribution in [-0.2, 0) is 11.8 Å². The highest BCUT2D eigenvalue weighted by Gasteiger charge is 2.24. The average Bonchev–Trinajstić information content (AvgIpc) is 3.59. The number of nitrogen functional groups attached to an aromatic ring is 1. The van der Waals surface area contributed by atoms with Crippen LogP contribution in [0.3, 0.4) is 0 Å². The maximum Gasteiger partial charge on any atom is 0.322 e. The normalized spacial score (nSPS) is 11.1. The number of hydrogen-bond donors (Lipinski definition) is 2. The zero-order chi connectivity index (χ0) is 31.1. The topological polar surface area (TPSA) is 121 Å². The van der Waals surface area contributed by atoms with Gasteiger partial charge in [0.15, 0.2) is 11.6 Å². The Labute approximate surface area is 256 Å². The van der Waals surface area contributed by atoms with Crippen molar-refractivity contribution in [3.63, 3.8) is 0 Å². The summed E-state index contributed by atoms with van der Waals surface area (Å²) in [5.41, 5.74) is 13.2. The van der Waals surface area contributed by atoms with E-state index in [1.54, 1.807) is 55.3 Å². The zero-order valence-corrected chi connectivity index (χ0v) is 25.3. The van der Waals surface area contributed by atoms with Crippen molar-refractivity contribution in [3.05, 3.63) is 96.5 Å². The Bertz CT molecular complexity index is 2100. The number of rotatable bonds is 7. The third-order valence-corrected chi connectivity index (χ3v) is 8.32. The van der Waals surface area contributed by atoms with Gasteiger partial charge in [-0.3, -0.25) is 9.48 Å². The summed E-state index contributed by atoms with van der Waals surface area (Å²) < 4.78 is 23.9. The number of halogens is 1. The molecule has 0 atom stereocenters. The number of fused-ring (bicyclic) bond motifs is 1. The second-order valence-electron chi connectivity index (χ2n) is 10.5. The van der Waals surface area contributed by atoms with Crippen molar-refractivity contribution < 1.29 is 13.9 Å². The van der Waals surface area contributed by atoms with Crippen LogP contribution in [0.5, 0.6) is 11.8 Å². The van der Waals surface area contributed by atoms with Gasteiger partial charge in [-0.1, -0.05) is 18.7 Å². The minimum Gasteiger partial charge on any atom is -0.421 e. The number of anilines is 2. The van der Waals surface area contributed by atoms with Gasteiger partial charge >= 0.3 is 6.01 Å². The van der Waals surface area contributed by atoms with Gasteiger partial charge in [0, 0.05) is 74.2 Å². The van der Waals surface area contributed by atoms with E-state index in [0.29, 0.717) is 33.7 Å². The molecule has 3 N–H and O–H groups in total. The van der Waals surface area contributed by atoms with Gasteiger partial charge in [0.05, 0.1) is 6.20 Å². The van der Waals surface area contributed by atoms with E-state index < -0.39 is 5.82 Å². The number of thiophene rings is 1. The summed E-state index contributed by atoms with van der Waals surface area (Å²) in [4.78, 5) is 25.9. The van der Waals surface area contributed by atoms with E-state index in [-0.39, 0.29) is 17.7 Å². The molecular weight excluding hydrogens is 577 g/mol. The number of aromatic nitrogens is 5. The minimum absolute atomic E-state index is 0.00336. The van der Waals surface area contributed by atoms with Gasteiger partial charge in [-0.2, -0.15) is 5.10 Å². The van der Waals surface area contributed by atoms with Crippen molar-refractivity contribution in [2.24, 2.45) is 7.05 Å². The van der Waals surface area contributed by atoms with E-state index in [0.717, 1.165) is 37.4 Å². The van der Waals surface area contributed by atoms with Gasteiger partial charge in [0.25, 0.3) is 5.91 Å². The molecule has 0 bridgehead atoms. The summed E-state index contributed by atoms with van der Waals surface area (Å²) in [5, 5.41) is 7.91. The molecule has 0 spiro atoms. The summed E-state index contributed by atoms with van der Waals surface area (Å²) >= 11 is 1.54. The molecule has 44 heavy (non-hydrogen) atoms. The smallest absolute Gasteiger partial charge is 0.322 e. The monoisotopic (exact) mass is 605 g/mol. The van der Waals surface area contributed by atoms with Crippen LogP contribution in [0.2, 0.25) is 0 Å². The second-order valence-corrected chi connectivity index (χ2v) is 11.5. The Morgan fingerprint density at radius 2 is 1.89 bits per heavy atom. The number of carbonyl (C=O) groups is 1. The summed E-state index contributed by atoms with van der Waals surface area (Å²) in [6, 6.07) is 12.2. The summed E-state index contributed by atoms with van der Waals surface area (Å²) in [5.74, 6) is -0.519. The van der Waals surface area contributed by atoms with E-state index in [4.69, 9.17) is 10.5 Å². The largest absolute Gasteiger partial charge is 0.421 e. The van der Waals surface area contributed by atoms with Crippen LogP contribution < -0.4 is 15.8 Å². The van der Waals surface area contributed by atoms with Crippen molar-refractivity contribution in [3.8, 4) is 44.5 Å². The Morgan fingerprint density at radius 1 is 1.07 bits per heavy atom. The van der Waals surface area contributed by atoms with Crippen molar-refractivity contribution in [2.45, 2.75) is 20.8 Å². The fourth-order valence-corrected chi connectivity index (χ4v) is 6.35. The van der Waals surface area contributed by atoms with Crippen molar-refractivity contribution in [1.82, 2.24) is 24.7 Å². The molecule has 6 aromatic rings. The molecular formula is C33H28FN7O2S. The maximum absolute atomic E-state index is 15.6. The molecule has 0 aliphatic rings. The van der Waals surface area contributed by atoms with E-state index in [1.807, 2.05) is 38.4 Å². The molecule has 9 nitrogen and oxygen atoms in total. The van der Waals surface area contributed by atoms with E-state index in [9.17, 15) is 4.79 Å². The average molecular weight is 606 g/mol. The lowest BCUT2D eigenvalue weighted by molar-refractivity contribution is -0.112. The lowest BCUT2D eigenvalue weighted by Gasteiger charge is -2.12. The Kier molecular flexibility index (Phi) is 7.40. The first-order valence-corrected chi connectivity index (χ1v) is 14.5. The van der Waals surface area contributed by atoms with Crippen LogP contribution in [0.4, 0.5) is 15.9 Å². The summed E-state index contributed by atoms with van der Waals surface area (Å²) in [6.07, 6.45) is 6.98. The number of benzene rings is 2. The number of nitrogens with zero attached hydrogens (tertiary/aromatic N) is 5. The van der Waals surface area contributed by atoms with Gasteiger partial charge in [-0.05, 0) is 67.8 Å². The zero-order valence-electron chi connectivity index (χ0n) is 24.5. The first-order valence-electron chi connectivity index (χ1n) is 13.6.